The highest BCUT2D eigenvalue weighted by Crippen LogP contribution is 2.34. The standard InChI is InChI=1S/C24H19ClFN3O/c25-18-9-11-19(12-10-18)28-15-17(13-23(28)30)24-27-21-7-3-4-8-22(21)29(24)14-16-5-1-2-6-20(16)26/h1-12,17H,13-15H2/t17-/m1/s1. The summed E-state index contributed by atoms with van der Waals surface area (Å²) in [5.74, 6) is 0.537. The Kier molecular flexibility index (Phi) is 4.75. The van der Waals surface area contributed by atoms with Crippen LogP contribution in [0.1, 0.15) is 23.7 Å². The van der Waals surface area contributed by atoms with Crippen LogP contribution in [0, 0.1) is 5.82 Å². The summed E-state index contributed by atoms with van der Waals surface area (Å²) in [6, 6.07) is 21.9. The van der Waals surface area contributed by atoms with Crippen LogP contribution >= 0.6 is 11.6 Å². The second-order valence-corrected chi connectivity index (χ2v) is 7.95. The van der Waals surface area contributed by atoms with E-state index in [2.05, 4.69) is 0 Å². The molecule has 30 heavy (non-hydrogen) atoms. The molecule has 5 rings (SSSR count). The Bertz CT molecular complexity index is 1230. The van der Waals surface area contributed by atoms with E-state index in [-0.39, 0.29) is 17.6 Å². The number of halogens is 2. The van der Waals surface area contributed by atoms with E-state index in [1.165, 1.54) is 6.07 Å². The van der Waals surface area contributed by atoms with Crippen LogP contribution in [0.25, 0.3) is 11.0 Å². The normalized spacial score (nSPS) is 16.5. The first-order chi connectivity index (χ1) is 14.6. The van der Waals surface area contributed by atoms with E-state index in [1.54, 1.807) is 29.2 Å². The third kappa shape index (κ3) is 3.35. The van der Waals surface area contributed by atoms with Crippen molar-refractivity contribution in [1.29, 1.82) is 0 Å². The molecule has 4 aromatic rings. The molecule has 1 atom stereocenters. The molecule has 1 fully saturated rings. The van der Waals surface area contributed by atoms with Crippen molar-refractivity contribution < 1.29 is 9.18 Å². The van der Waals surface area contributed by atoms with Crippen molar-refractivity contribution >= 4 is 34.2 Å². The number of amides is 1. The Morgan fingerprint density at radius 3 is 2.53 bits per heavy atom. The Balaban J connectivity index is 1.53. The number of para-hydroxylation sites is 2. The molecule has 1 aliphatic heterocycles. The van der Waals surface area contributed by atoms with Crippen LogP contribution in [-0.2, 0) is 11.3 Å². The topological polar surface area (TPSA) is 38.1 Å². The number of aromatic nitrogens is 2. The predicted octanol–water partition coefficient (Wildman–Crippen LogP) is 5.40. The number of hydrogen-bond donors (Lipinski definition) is 0. The van der Waals surface area contributed by atoms with Gasteiger partial charge in [0.15, 0.2) is 0 Å². The van der Waals surface area contributed by atoms with Crippen LogP contribution < -0.4 is 4.90 Å². The summed E-state index contributed by atoms with van der Waals surface area (Å²) >= 11 is 5.99. The van der Waals surface area contributed by atoms with Crippen LogP contribution in [-0.4, -0.2) is 22.0 Å². The van der Waals surface area contributed by atoms with Crippen LogP contribution in [0.4, 0.5) is 10.1 Å². The number of hydrogen-bond acceptors (Lipinski definition) is 2. The summed E-state index contributed by atoms with van der Waals surface area (Å²) < 4.78 is 16.4. The van der Waals surface area contributed by atoms with Gasteiger partial charge in [-0.05, 0) is 42.5 Å². The van der Waals surface area contributed by atoms with Crippen molar-refractivity contribution in [3.05, 3.63) is 95.0 Å². The zero-order chi connectivity index (χ0) is 20.7. The molecule has 1 saturated heterocycles. The third-order valence-electron chi connectivity index (χ3n) is 5.60. The lowest BCUT2D eigenvalue weighted by Gasteiger charge is -2.17. The molecule has 1 amide bonds. The molecular weight excluding hydrogens is 401 g/mol. The van der Waals surface area contributed by atoms with Crippen LogP contribution in [0.3, 0.4) is 0 Å². The summed E-state index contributed by atoms with van der Waals surface area (Å²) in [6.07, 6.45) is 0.364. The Morgan fingerprint density at radius 2 is 1.73 bits per heavy atom. The van der Waals surface area contributed by atoms with E-state index in [0.717, 1.165) is 22.5 Å². The number of carbonyl (C=O) groups excluding carboxylic acids is 1. The van der Waals surface area contributed by atoms with Gasteiger partial charge in [-0.2, -0.15) is 0 Å². The number of anilines is 1. The van der Waals surface area contributed by atoms with Crippen molar-refractivity contribution in [2.75, 3.05) is 11.4 Å². The summed E-state index contributed by atoms with van der Waals surface area (Å²) in [5, 5.41) is 0.633. The van der Waals surface area contributed by atoms with Gasteiger partial charge in [0, 0.05) is 35.2 Å². The molecule has 6 heteroatoms. The number of nitrogens with zero attached hydrogens (tertiary/aromatic N) is 3. The molecule has 0 aliphatic carbocycles. The largest absolute Gasteiger partial charge is 0.323 e. The molecule has 0 radical (unpaired) electrons. The van der Waals surface area contributed by atoms with E-state index in [0.29, 0.717) is 30.1 Å². The molecular formula is C24H19ClFN3O. The van der Waals surface area contributed by atoms with Gasteiger partial charge < -0.3 is 9.47 Å². The molecule has 0 saturated carbocycles. The number of imidazole rings is 1. The second kappa shape index (κ2) is 7.58. The van der Waals surface area contributed by atoms with Crippen molar-refractivity contribution in [1.82, 2.24) is 9.55 Å². The van der Waals surface area contributed by atoms with Gasteiger partial charge in [-0.1, -0.05) is 41.9 Å². The Hall–Kier alpha value is -3.18. The SMILES string of the molecule is O=C1C[C@@H](c2nc3ccccc3n2Cc2ccccc2F)CN1c1ccc(Cl)cc1. The predicted molar refractivity (Wildman–Crippen MR) is 116 cm³/mol. The second-order valence-electron chi connectivity index (χ2n) is 7.52. The highest BCUT2D eigenvalue weighted by atomic mass is 35.5. The van der Waals surface area contributed by atoms with Gasteiger partial charge in [0.2, 0.25) is 5.91 Å². The minimum Gasteiger partial charge on any atom is -0.323 e. The van der Waals surface area contributed by atoms with Gasteiger partial charge in [-0.25, -0.2) is 9.37 Å². The fourth-order valence-corrected chi connectivity index (χ4v) is 4.25. The summed E-state index contributed by atoms with van der Waals surface area (Å²) in [5.41, 5.74) is 3.21. The number of carbonyl (C=O) groups is 1. The Labute approximate surface area is 178 Å². The third-order valence-corrected chi connectivity index (χ3v) is 5.85. The molecule has 1 aromatic heterocycles. The van der Waals surface area contributed by atoms with E-state index < -0.39 is 0 Å². The lowest BCUT2D eigenvalue weighted by atomic mass is 10.1. The fraction of sp³-hybridized carbons (Fsp3) is 0.167. The number of rotatable bonds is 4. The summed E-state index contributed by atoms with van der Waals surface area (Å²) in [6.45, 7) is 0.898. The van der Waals surface area contributed by atoms with Gasteiger partial charge >= 0.3 is 0 Å². The first-order valence-electron chi connectivity index (χ1n) is 9.84. The molecule has 2 heterocycles. The maximum Gasteiger partial charge on any atom is 0.227 e. The van der Waals surface area contributed by atoms with Gasteiger partial charge in [0.1, 0.15) is 11.6 Å². The van der Waals surface area contributed by atoms with Crippen LogP contribution in [0.2, 0.25) is 5.02 Å². The van der Waals surface area contributed by atoms with E-state index in [4.69, 9.17) is 16.6 Å². The van der Waals surface area contributed by atoms with Gasteiger partial charge in [-0.3, -0.25) is 4.79 Å². The lowest BCUT2D eigenvalue weighted by Crippen LogP contribution is -2.24. The molecule has 4 nitrogen and oxygen atoms in total. The average Bonchev–Trinajstić information content (AvgIpc) is 3.31. The first-order valence-corrected chi connectivity index (χ1v) is 10.2. The highest BCUT2D eigenvalue weighted by Gasteiger charge is 2.35. The first kappa shape index (κ1) is 18.8. The maximum atomic E-state index is 14.4. The number of benzene rings is 3. The van der Waals surface area contributed by atoms with Crippen molar-refractivity contribution in [3.8, 4) is 0 Å². The van der Waals surface area contributed by atoms with Gasteiger partial charge in [0.25, 0.3) is 0 Å². The number of fused-ring (bicyclic) bond motifs is 1. The van der Waals surface area contributed by atoms with Crippen molar-refractivity contribution in [2.24, 2.45) is 0 Å². The van der Waals surface area contributed by atoms with Gasteiger partial charge in [0.05, 0.1) is 17.6 Å². The maximum absolute atomic E-state index is 14.4. The van der Waals surface area contributed by atoms with E-state index in [1.807, 2.05) is 47.0 Å². The molecule has 0 unspecified atom stereocenters. The minimum atomic E-state index is -0.244. The van der Waals surface area contributed by atoms with Crippen molar-refractivity contribution in [2.45, 2.75) is 18.9 Å². The Morgan fingerprint density at radius 1 is 1.00 bits per heavy atom. The average molecular weight is 420 g/mol. The quantitative estimate of drug-likeness (QED) is 0.444. The molecule has 0 spiro atoms. The zero-order valence-corrected chi connectivity index (χ0v) is 16.9. The van der Waals surface area contributed by atoms with Gasteiger partial charge in [-0.15, -0.1) is 0 Å². The smallest absolute Gasteiger partial charge is 0.227 e. The molecule has 1 aliphatic rings. The monoisotopic (exact) mass is 419 g/mol. The van der Waals surface area contributed by atoms with Crippen molar-refractivity contribution in [3.63, 3.8) is 0 Å². The molecule has 150 valence electrons. The fourth-order valence-electron chi connectivity index (χ4n) is 4.12. The highest BCUT2D eigenvalue weighted by molar-refractivity contribution is 6.30. The minimum absolute atomic E-state index is 0.0480. The lowest BCUT2D eigenvalue weighted by molar-refractivity contribution is -0.117. The van der Waals surface area contributed by atoms with E-state index in [9.17, 15) is 9.18 Å². The van der Waals surface area contributed by atoms with Crippen LogP contribution in [0.5, 0.6) is 0 Å². The summed E-state index contributed by atoms with van der Waals surface area (Å²) in [4.78, 5) is 19.4. The van der Waals surface area contributed by atoms with Crippen LogP contribution in [0.15, 0.2) is 72.8 Å². The molecule has 3 aromatic carbocycles. The zero-order valence-electron chi connectivity index (χ0n) is 16.1. The van der Waals surface area contributed by atoms with E-state index >= 15 is 0 Å². The molecule has 0 bridgehead atoms. The molecule has 0 N–H and O–H groups in total. The summed E-state index contributed by atoms with van der Waals surface area (Å²) in [7, 11) is 0.